The Hall–Kier alpha value is -2.54. The summed E-state index contributed by atoms with van der Waals surface area (Å²) in [5.41, 5.74) is 1.34. The Kier molecular flexibility index (Phi) is 5.46. The van der Waals surface area contributed by atoms with Crippen LogP contribution in [-0.2, 0) is 9.59 Å². The maximum atomic E-state index is 12.5. The molecule has 1 aliphatic heterocycles. The highest BCUT2D eigenvalue weighted by molar-refractivity contribution is 9.10. The topological polar surface area (TPSA) is 67.9 Å². The quantitative estimate of drug-likeness (QED) is 0.806. The van der Waals surface area contributed by atoms with Crippen molar-refractivity contribution < 1.29 is 19.1 Å². The number of hydrogen-bond donors (Lipinski definition) is 1. The Balaban J connectivity index is 1.74. The molecule has 0 spiro atoms. The second-order valence-corrected chi connectivity index (χ2v) is 6.85. The Morgan fingerprint density at radius 1 is 1.15 bits per heavy atom. The Morgan fingerprint density at radius 2 is 1.88 bits per heavy atom. The fraction of sp³-hybridized carbons (Fsp3) is 0.263. The van der Waals surface area contributed by atoms with Gasteiger partial charge in [-0.1, -0.05) is 15.9 Å². The molecule has 7 heteroatoms. The minimum atomic E-state index is -0.419. The highest BCUT2D eigenvalue weighted by Crippen LogP contribution is 2.36. The Labute approximate surface area is 160 Å². The summed E-state index contributed by atoms with van der Waals surface area (Å²) in [4.78, 5) is 26.6. The number of nitrogens with zero attached hydrogens (tertiary/aromatic N) is 1. The molecule has 1 aliphatic rings. The average molecular weight is 419 g/mol. The maximum Gasteiger partial charge on any atom is 0.229 e. The second kappa shape index (κ2) is 7.78. The molecule has 0 bridgehead atoms. The number of hydrogen-bond acceptors (Lipinski definition) is 4. The zero-order chi connectivity index (χ0) is 18.7. The largest absolute Gasteiger partial charge is 0.497 e. The summed E-state index contributed by atoms with van der Waals surface area (Å²) in [6.45, 7) is 0.309. The first-order chi connectivity index (χ1) is 12.5. The standard InChI is InChI=1S/C19H19BrN2O4/c1-25-15-7-8-16(17(10-15)26-2)22-11-12(9-18(22)23)19(24)21-14-5-3-13(20)4-6-14/h3-8,10,12H,9,11H2,1-2H3,(H,21,24). The van der Waals surface area contributed by atoms with Gasteiger partial charge in [-0.05, 0) is 36.4 Å². The Morgan fingerprint density at radius 3 is 2.54 bits per heavy atom. The lowest BCUT2D eigenvalue weighted by Gasteiger charge is -2.20. The van der Waals surface area contributed by atoms with Crippen molar-refractivity contribution in [3.05, 3.63) is 46.9 Å². The number of carbonyl (C=O) groups excluding carboxylic acids is 2. The van der Waals surface area contributed by atoms with Crippen molar-refractivity contribution in [2.75, 3.05) is 31.0 Å². The lowest BCUT2D eigenvalue weighted by molar-refractivity contribution is -0.122. The Bertz CT molecular complexity index is 823. The molecule has 0 aromatic heterocycles. The van der Waals surface area contributed by atoms with Crippen LogP contribution < -0.4 is 19.7 Å². The van der Waals surface area contributed by atoms with Crippen molar-refractivity contribution in [1.29, 1.82) is 0 Å². The van der Waals surface area contributed by atoms with Gasteiger partial charge in [0.25, 0.3) is 0 Å². The van der Waals surface area contributed by atoms with Gasteiger partial charge in [0.05, 0.1) is 25.8 Å². The van der Waals surface area contributed by atoms with Gasteiger partial charge in [0, 0.05) is 29.2 Å². The van der Waals surface area contributed by atoms with Crippen molar-refractivity contribution in [3.8, 4) is 11.5 Å². The maximum absolute atomic E-state index is 12.5. The van der Waals surface area contributed by atoms with Crippen molar-refractivity contribution in [2.24, 2.45) is 5.92 Å². The van der Waals surface area contributed by atoms with Gasteiger partial charge in [-0.2, -0.15) is 0 Å². The van der Waals surface area contributed by atoms with Gasteiger partial charge in [0.2, 0.25) is 11.8 Å². The summed E-state index contributed by atoms with van der Waals surface area (Å²) < 4.78 is 11.5. The number of amides is 2. The third-order valence-corrected chi connectivity index (χ3v) is 4.81. The molecule has 0 radical (unpaired) electrons. The molecule has 1 N–H and O–H groups in total. The molecule has 1 heterocycles. The molecule has 0 aliphatic carbocycles. The van der Waals surface area contributed by atoms with E-state index in [-0.39, 0.29) is 18.2 Å². The molecule has 1 unspecified atom stereocenters. The first-order valence-corrected chi connectivity index (χ1v) is 8.90. The van der Waals surface area contributed by atoms with E-state index < -0.39 is 5.92 Å². The van der Waals surface area contributed by atoms with Gasteiger partial charge in [-0.25, -0.2) is 0 Å². The van der Waals surface area contributed by atoms with Crippen LogP contribution in [0.15, 0.2) is 46.9 Å². The average Bonchev–Trinajstić information content (AvgIpc) is 3.04. The van der Waals surface area contributed by atoms with Crippen LogP contribution in [0, 0.1) is 5.92 Å². The predicted octanol–water partition coefficient (Wildman–Crippen LogP) is 3.46. The van der Waals surface area contributed by atoms with Gasteiger partial charge < -0.3 is 19.7 Å². The molecule has 2 aromatic carbocycles. The molecule has 1 saturated heterocycles. The number of anilines is 2. The number of methoxy groups -OCH3 is 2. The lowest BCUT2D eigenvalue weighted by Crippen LogP contribution is -2.28. The molecular formula is C19H19BrN2O4. The van der Waals surface area contributed by atoms with E-state index >= 15 is 0 Å². The molecule has 136 valence electrons. The summed E-state index contributed by atoms with van der Waals surface area (Å²) >= 11 is 3.36. The van der Waals surface area contributed by atoms with Crippen LogP contribution in [0.4, 0.5) is 11.4 Å². The minimum Gasteiger partial charge on any atom is -0.497 e. The second-order valence-electron chi connectivity index (χ2n) is 5.94. The molecule has 2 aromatic rings. The first kappa shape index (κ1) is 18.3. The molecule has 3 rings (SSSR count). The van der Waals surface area contributed by atoms with E-state index in [0.29, 0.717) is 29.4 Å². The number of benzene rings is 2. The summed E-state index contributed by atoms with van der Waals surface area (Å²) in [5.74, 6) is 0.478. The highest BCUT2D eigenvalue weighted by atomic mass is 79.9. The van der Waals surface area contributed by atoms with Gasteiger partial charge in [0.15, 0.2) is 0 Å². The van der Waals surface area contributed by atoms with E-state index in [1.807, 2.05) is 24.3 Å². The summed E-state index contributed by atoms with van der Waals surface area (Å²) in [6.07, 6.45) is 0.164. The van der Waals surface area contributed by atoms with Crippen molar-refractivity contribution in [2.45, 2.75) is 6.42 Å². The normalized spacial score (nSPS) is 16.5. The molecule has 26 heavy (non-hydrogen) atoms. The van der Waals surface area contributed by atoms with Crippen LogP contribution in [0.25, 0.3) is 0 Å². The number of nitrogens with one attached hydrogen (secondary N) is 1. The van der Waals surface area contributed by atoms with Crippen LogP contribution in [-0.4, -0.2) is 32.6 Å². The predicted molar refractivity (Wildman–Crippen MR) is 103 cm³/mol. The van der Waals surface area contributed by atoms with Crippen molar-refractivity contribution >= 4 is 39.1 Å². The van der Waals surface area contributed by atoms with E-state index in [4.69, 9.17) is 9.47 Å². The van der Waals surface area contributed by atoms with Crippen molar-refractivity contribution in [3.63, 3.8) is 0 Å². The van der Waals surface area contributed by atoms with Crippen LogP contribution in [0.1, 0.15) is 6.42 Å². The first-order valence-electron chi connectivity index (χ1n) is 8.10. The van der Waals surface area contributed by atoms with Crippen LogP contribution >= 0.6 is 15.9 Å². The number of carbonyl (C=O) groups is 2. The van der Waals surface area contributed by atoms with Crippen LogP contribution in [0.2, 0.25) is 0 Å². The monoisotopic (exact) mass is 418 g/mol. The van der Waals surface area contributed by atoms with Gasteiger partial charge in [0.1, 0.15) is 11.5 Å². The third-order valence-electron chi connectivity index (χ3n) is 4.29. The minimum absolute atomic E-state index is 0.107. The molecule has 2 amide bonds. The SMILES string of the molecule is COc1ccc(N2CC(C(=O)Nc3ccc(Br)cc3)CC2=O)c(OC)c1. The zero-order valence-corrected chi connectivity index (χ0v) is 16.1. The molecule has 0 saturated carbocycles. The van der Waals surface area contributed by atoms with E-state index in [0.717, 1.165) is 4.47 Å². The van der Waals surface area contributed by atoms with Gasteiger partial charge >= 0.3 is 0 Å². The zero-order valence-electron chi connectivity index (χ0n) is 14.5. The summed E-state index contributed by atoms with van der Waals surface area (Å²) in [6, 6.07) is 12.6. The molecular weight excluding hydrogens is 400 g/mol. The number of halogens is 1. The molecule has 1 atom stereocenters. The van der Waals surface area contributed by atoms with E-state index in [9.17, 15) is 9.59 Å². The van der Waals surface area contributed by atoms with E-state index in [1.165, 1.54) is 7.11 Å². The molecule has 1 fully saturated rings. The third kappa shape index (κ3) is 3.83. The van der Waals surface area contributed by atoms with E-state index in [2.05, 4.69) is 21.2 Å². The lowest BCUT2D eigenvalue weighted by atomic mass is 10.1. The summed E-state index contributed by atoms with van der Waals surface area (Å²) in [5, 5.41) is 2.86. The van der Waals surface area contributed by atoms with Crippen molar-refractivity contribution in [1.82, 2.24) is 0 Å². The fourth-order valence-corrected chi connectivity index (χ4v) is 3.17. The molecule has 6 nitrogen and oxygen atoms in total. The smallest absolute Gasteiger partial charge is 0.229 e. The van der Waals surface area contributed by atoms with Crippen LogP contribution in [0.5, 0.6) is 11.5 Å². The summed E-state index contributed by atoms with van der Waals surface area (Å²) in [7, 11) is 3.11. The highest BCUT2D eigenvalue weighted by Gasteiger charge is 2.36. The fourth-order valence-electron chi connectivity index (χ4n) is 2.90. The van der Waals surface area contributed by atoms with Crippen LogP contribution in [0.3, 0.4) is 0 Å². The van der Waals surface area contributed by atoms with Gasteiger partial charge in [-0.15, -0.1) is 0 Å². The number of rotatable bonds is 5. The number of ether oxygens (including phenoxy) is 2. The van der Waals surface area contributed by atoms with E-state index in [1.54, 1.807) is 30.2 Å². The van der Waals surface area contributed by atoms with Gasteiger partial charge in [-0.3, -0.25) is 9.59 Å².